The summed E-state index contributed by atoms with van der Waals surface area (Å²) in [6.45, 7) is 6.19. The van der Waals surface area contributed by atoms with Gasteiger partial charge >= 0.3 is 0 Å². The molecule has 1 N–H and O–H groups in total. The van der Waals surface area contributed by atoms with Crippen LogP contribution in [0.15, 0.2) is 42.5 Å². The first kappa shape index (κ1) is 19.9. The molecule has 2 aromatic carbocycles. The molecule has 0 aliphatic rings. The minimum Gasteiger partial charge on any atom is -0.490 e. The number of nitrogens with zero attached hydrogens (tertiary/aromatic N) is 4. The lowest BCUT2D eigenvalue weighted by molar-refractivity contribution is 0.267. The van der Waals surface area contributed by atoms with E-state index in [1.807, 2.05) is 49.4 Å². The zero-order valence-corrected chi connectivity index (χ0v) is 16.8. The highest BCUT2D eigenvalue weighted by Crippen LogP contribution is 2.33. The number of tetrazole rings is 1. The maximum atomic E-state index is 6.26. The Morgan fingerprint density at radius 2 is 1.86 bits per heavy atom. The van der Waals surface area contributed by atoms with E-state index in [1.165, 1.54) is 0 Å². The Bertz CT molecular complexity index is 900. The molecule has 0 unspecified atom stereocenters. The van der Waals surface area contributed by atoms with Gasteiger partial charge in [0.05, 0.1) is 6.61 Å². The van der Waals surface area contributed by atoms with Crippen molar-refractivity contribution in [3.05, 3.63) is 58.6 Å². The molecule has 148 valence electrons. The Kier molecular flexibility index (Phi) is 7.08. The van der Waals surface area contributed by atoms with Crippen LogP contribution in [-0.4, -0.2) is 26.8 Å². The zero-order valence-electron chi connectivity index (χ0n) is 16.1. The van der Waals surface area contributed by atoms with Gasteiger partial charge in [-0.25, -0.2) is 4.68 Å². The average Bonchev–Trinajstić information content (AvgIpc) is 3.14. The molecule has 1 aromatic heterocycles. The van der Waals surface area contributed by atoms with E-state index in [-0.39, 0.29) is 0 Å². The molecule has 0 fully saturated rings. The number of rotatable bonds is 10. The van der Waals surface area contributed by atoms with Gasteiger partial charge in [-0.3, -0.25) is 0 Å². The molecule has 0 radical (unpaired) electrons. The molecule has 0 saturated heterocycles. The molecule has 0 aliphatic heterocycles. The summed E-state index contributed by atoms with van der Waals surface area (Å²) >= 11 is 6.26. The van der Waals surface area contributed by atoms with Gasteiger partial charge in [-0.05, 0) is 35.9 Å². The van der Waals surface area contributed by atoms with Crippen LogP contribution in [0.3, 0.4) is 0 Å². The van der Waals surface area contributed by atoms with Gasteiger partial charge in [0.2, 0.25) is 5.95 Å². The summed E-state index contributed by atoms with van der Waals surface area (Å²) in [6.07, 6.45) is 0.950. The van der Waals surface area contributed by atoms with Gasteiger partial charge in [-0.15, -0.1) is 0 Å². The second-order valence-electron chi connectivity index (χ2n) is 6.14. The highest BCUT2D eigenvalue weighted by atomic mass is 35.5. The van der Waals surface area contributed by atoms with E-state index in [0.29, 0.717) is 42.2 Å². The summed E-state index contributed by atoms with van der Waals surface area (Å²) in [6, 6.07) is 13.5. The summed E-state index contributed by atoms with van der Waals surface area (Å²) < 4.78 is 13.6. The second kappa shape index (κ2) is 9.94. The third-order valence-electron chi connectivity index (χ3n) is 4.09. The normalized spacial score (nSPS) is 10.7. The lowest BCUT2D eigenvalue weighted by Gasteiger charge is -2.17. The Morgan fingerprint density at radius 3 is 2.64 bits per heavy atom. The van der Waals surface area contributed by atoms with Crippen molar-refractivity contribution in [3.63, 3.8) is 0 Å². The highest BCUT2D eigenvalue weighted by Gasteiger charge is 2.14. The van der Waals surface area contributed by atoms with Gasteiger partial charge in [0.25, 0.3) is 0 Å². The minimum absolute atomic E-state index is 0.352. The van der Waals surface area contributed by atoms with Crippen molar-refractivity contribution in [3.8, 4) is 11.5 Å². The van der Waals surface area contributed by atoms with Crippen LogP contribution in [0.2, 0.25) is 5.02 Å². The third kappa shape index (κ3) is 4.92. The predicted molar refractivity (Wildman–Crippen MR) is 109 cm³/mol. The molecule has 0 bridgehead atoms. The fourth-order valence-electron chi connectivity index (χ4n) is 2.77. The van der Waals surface area contributed by atoms with Crippen LogP contribution in [0.25, 0.3) is 0 Å². The van der Waals surface area contributed by atoms with E-state index in [0.717, 1.165) is 24.1 Å². The number of hydrogen-bond donors (Lipinski definition) is 1. The molecule has 3 rings (SSSR count). The van der Waals surface area contributed by atoms with Crippen LogP contribution in [0.1, 0.15) is 31.4 Å². The molecular weight excluding hydrogens is 378 g/mol. The summed E-state index contributed by atoms with van der Waals surface area (Å²) in [7, 11) is 0. The van der Waals surface area contributed by atoms with E-state index in [2.05, 4.69) is 27.8 Å². The van der Waals surface area contributed by atoms with Crippen LogP contribution in [0.5, 0.6) is 11.5 Å². The van der Waals surface area contributed by atoms with Crippen molar-refractivity contribution in [2.24, 2.45) is 0 Å². The zero-order chi connectivity index (χ0) is 19.8. The molecule has 3 aromatic rings. The molecule has 1 heterocycles. The number of aromatic nitrogens is 4. The van der Waals surface area contributed by atoms with Gasteiger partial charge in [-0.1, -0.05) is 54.0 Å². The average molecular weight is 402 g/mol. The minimum atomic E-state index is 0.352. The second-order valence-corrected chi connectivity index (χ2v) is 6.54. The van der Waals surface area contributed by atoms with Crippen LogP contribution >= 0.6 is 11.6 Å². The van der Waals surface area contributed by atoms with Gasteiger partial charge in [0.1, 0.15) is 6.61 Å². The van der Waals surface area contributed by atoms with Crippen molar-refractivity contribution < 1.29 is 9.47 Å². The lowest BCUT2D eigenvalue weighted by Crippen LogP contribution is -2.10. The van der Waals surface area contributed by atoms with Crippen LogP contribution in [-0.2, 0) is 19.7 Å². The number of nitrogens with one attached hydrogen (secondary N) is 1. The van der Waals surface area contributed by atoms with Gasteiger partial charge in [0, 0.05) is 29.2 Å². The van der Waals surface area contributed by atoms with E-state index >= 15 is 0 Å². The topological polar surface area (TPSA) is 74.1 Å². The lowest BCUT2D eigenvalue weighted by atomic mass is 10.1. The maximum absolute atomic E-state index is 6.26. The molecule has 0 aliphatic carbocycles. The molecule has 0 saturated carbocycles. The first-order valence-electron chi connectivity index (χ1n) is 9.33. The van der Waals surface area contributed by atoms with Crippen molar-refractivity contribution in [2.75, 3.05) is 11.9 Å². The number of ether oxygens (including phenoxy) is 2. The predicted octanol–water partition coefficient (Wildman–Crippen LogP) is 4.33. The summed E-state index contributed by atoms with van der Waals surface area (Å²) in [5.41, 5.74) is 1.87. The van der Waals surface area contributed by atoms with Crippen molar-refractivity contribution in [2.45, 2.75) is 40.0 Å². The van der Waals surface area contributed by atoms with Crippen molar-refractivity contribution in [1.82, 2.24) is 20.2 Å². The summed E-state index contributed by atoms with van der Waals surface area (Å²) in [5, 5.41) is 15.7. The Labute approximate surface area is 169 Å². The van der Waals surface area contributed by atoms with Gasteiger partial charge in [-0.2, -0.15) is 0 Å². The van der Waals surface area contributed by atoms with E-state index in [4.69, 9.17) is 21.1 Å². The largest absolute Gasteiger partial charge is 0.490 e. The van der Waals surface area contributed by atoms with Gasteiger partial charge in [0.15, 0.2) is 11.5 Å². The smallest absolute Gasteiger partial charge is 0.243 e. The van der Waals surface area contributed by atoms with Crippen LogP contribution < -0.4 is 14.8 Å². The van der Waals surface area contributed by atoms with Crippen molar-refractivity contribution in [1.29, 1.82) is 0 Å². The Balaban J connectivity index is 1.79. The molecule has 28 heavy (non-hydrogen) atoms. The summed E-state index contributed by atoms with van der Waals surface area (Å²) in [4.78, 5) is 0. The fraction of sp³-hybridized carbons (Fsp3) is 0.350. The molecule has 7 nitrogen and oxygen atoms in total. The molecule has 0 amide bonds. The fourth-order valence-corrected chi connectivity index (χ4v) is 2.96. The molecule has 8 heteroatoms. The van der Waals surface area contributed by atoms with Crippen LogP contribution in [0, 0.1) is 0 Å². The van der Waals surface area contributed by atoms with E-state index < -0.39 is 0 Å². The summed E-state index contributed by atoms with van der Waals surface area (Å²) in [5.74, 6) is 2.01. The van der Waals surface area contributed by atoms with E-state index in [9.17, 15) is 0 Å². The highest BCUT2D eigenvalue weighted by molar-refractivity contribution is 6.31. The third-order valence-corrected chi connectivity index (χ3v) is 4.46. The Hall–Kier alpha value is -2.80. The standard InChI is InChI=1S/C20H24ClN5O2/c1-3-12-26-20(23-24-25-26)22-13-15-9-7-11-18(27-4-2)19(15)28-14-16-8-5-6-10-17(16)21/h5-11H,3-4,12-14H2,1-2H3,(H,22,23,25). The van der Waals surface area contributed by atoms with Crippen molar-refractivity contribution >= 4 is 17.5 Å². The van der Waals surface area contributed by atoms with Crippen LogP contribution in [0.4, 0.5) is 5.95 Å². The monoisotopic (exact) mass is 401 g/mol. The molecular formula is C20H24ClN5O2. The molecule has 0 atom stereocenters. The SMILES string of the molecule is CCCn1nnnc1NCc1cccc(OCC)c1OCc1ccccc1Cl. The quantitative estimate of drug-likeness (QED) is 0.545. The first-order chi connectivity index (χ1) is 13.7. The number of aryl methyl sites for hydroxylation is 1. The van der Waals surface area contributed by atoms with Gasteiger partial charge < -0.3 is 14.8 Å². The molecule has 0 spiro atoms. The number of hydrogen-bond acceptors (Lipinski definition) is 6. The number of anilines is 1. The number of halogens is 1. The van der Waals surface area contributed by atoms with E-state index in [1.54, 1.807) is 4.68 Å². The Morgan fingerprint density at radius 1 is 1.04 bits per heavy atom. The maximum Gasteiger partial charge on any atom is 0.243 e. The number of benzene rings is 2. The first-order valence-corrected chi connectivity index (χ1v) is 9.71. The number of para-hydroxylation sites is 1.